The fourth-order valence-corrected chi connectivity index (χ4v) is 11.4. The Labute approximate surface area is 319 Å². The van der Waals surface area contributed by atoms with Gasteiger partial charge in [-0.1, -0.05) is 57.6 Å². The number of nitrogens with zero attached hydrogens (tertiary/aromatic N) is 6. The summed E-state index contributed by atoms with van der Waals surface area (Å²) in [5, 5.41) is 18.7. The highest BCUT2D eigenvalue weighted by molar-refractivity contribution is 7.22. The van der Waals surface area contributed by atoms with E-state index in [-0.39, 0.29) is 33.6 Å². The van der Waals surface area contributed by atoms with Gasteiger partial charge in [-0.25, -0.2) is 25.5 Å². The maximum atomic E-state index is 13.6. The third-order valence-corrected chi connectivity index (χ3v) is 13.1. The Morgan fingerprint density at radius 3 is 2.57 bits per heavy atom. The lowest BCUT2D eigenvalue weighted by molar-refractivity contribution is -0.199. The third kappa shape index (κ3) is 6.56. The zero-order chi connectivity index (χ0) is 38.0. The molecule has 2 bridgehead atoms. The van der Waals surface area contributed by atoms with Crippen LogP contribution in [0.2, 0.25) is 0 Å². The van der Waals surface area contributed by atoms with Gasteiger partial charge in [-0.05, 0) is 104 Å². The Kier molecular flexibility index (Phi) is 8.89. The van der Waals surface area contributed by atoms with E-state index < -0.39 is 5.97 Å². The Balaban J connectivity index is 1.05. The summed E-state index contributed by atoms with van der Waals surface area (Å²) in [6.07, 6.45) is 11.1. The van der Waals surface area contributed by atoms with Crippen molar-refractivity contribution in [1.29, 1.82) is 0 Å². The molecule has 54 heavy (non-hydrogen) atoms. The number of anilines is 2. The average molecular weight is 749 g/mol. The minimum absolute atomic E-state index is 0.0489. The number of aromatic nitrogens is 5. The summed E-state index contributed by atoms with van der Waals surface area (Å²) in [4.78, 5) is 47.4. The first-order valence-corrected chi connectivity index (χ1v) is 19.6. The fourth-order valence-electron chi connectivity index (χ4n) is 10.5. The van der Waals surface area contributed by atoms with Crippen molar-refractivity contribution in [2.24, 2.45) is 22.1 Å². The van der Waals surface area contributed by atoms with Crippen LogP contribution in [0.1, 0.15) is 94.4 Å². The number of carboxylic acid groups (broad SMARTS) is 1. The monoisotopic (exact) mass is 748 g/mol. The molecule has 0 radical (unpaired) electrons. The molecule has 4 aromatic heterocycles. The summed E-state index contributed by atoms with van der Waals surface area (Å²) in [6, 6.07) is 13.0. The van der Waals surface area contributed by atoms with E-state index in [0.717, 1.165) is 84.1 Å². The second-order valence-electron chi connectivity index (χ2n) is 17.0. The summed E-state index contributed by atoms with van der Waals surface area (Å²) in [7, 11) is 0. The van der Waals surface area contributed by atoms with Crippen LogP contribution in [0.15, 0.2) is 54.9 Å². The molecular weight excluding hydrogens is 701 g/mol. The summed E-state index contributed by atoms with van der Waals surface area (Å²) in [6.45, 7) is 12.5. The number of carbonyl (C=O) groups is 2. The molecule has 3 aliphatic rings. The molecule has 2 fully saturated rings. The summed E-state index contributed by atoms with van der Waals surface area (Å²) < 4.78 is 2.90. The van der Waals surface area contributed by atoms with Crippen molar-refractivity contribution >= 4 is 44.5 Å². The smallest absolute Gasteiger partial charge is 0.355 e. The van der Waals surface area contributed by atoms with Gasteiger partial charge in [0.2, 0.25) is 0 Å². The molecule has 1 aliphatic heterocycles. The van der Waals surface area contributed by atoms with Gasteiger partial charge in [0.05, 0.1) is 22.2 Å². The molecule has 2 amide bonds. The highest BCUT2D eigenvalue weighted by Gasteiger charge is 2.59. The van der Waals surface area contributed by atoms with Crippen molar-refractivity contribution in [3.63, 3.8) is 0 Å². The van der Waals surface area contributed by atoms with Gasteiger partial charge in [0, 0.05) is 47.4 Å². The van der Waals surface area contributed by atoms with Crippen LogP contribution in [0.4, 0.5) is 15.6 Å². The SMILES string of the molecule is CCC1(C)CC2(C)CC(C)(Cn3ncc(-c4ccc(-c5ccc6c(c5)N(C(=O)Nc5nc7ncccc7s5)CCC6)nc4C(=O)O)c3C)CC(ON)(C1)C2. The third-order valence-electron chi connectivity index (χ3n) is 12.2. The Morgan fingerprint density at radius 1 is 1.02 bits per heavy atom. The van der Waals surface area contributed by atoms with Crippen LogP contribution in [-0.4, -0.2) is 54.0 Å². The zero-order valence-electron chi connectivity index (χ0n) is 31.6. The highest BCUT2D eigenvalue weighted by Crippen LogP contribution is 2.63. The van der Waals surface area contributed by atoms with Crippen LogP contribution < -0.4 is 16.1 Å². The molecular formula is C41H48N8O4S. The van der Waals surface area contributed by atoms with E-state index in [1.807, 2.05) is 54.1 Å². The van der Waals surface area contributed by atoms with Crippen LogP contribution in [0.3, 0.4) is 0 Å². The lowest BCUT2D eigenvalue weighted by Gasteiger charge is -2.61. The number of carbonyl (C=O) groups excluding carboxylic acids is 1. The molecule has 13 heteroatoms. The number of aromatic carboxylic acids is 1. The number of hydrogen-bond donors (Lipinski definition) is 3. The normalized spacial score (nSPS) is 26.4. The largest absolute Gasteiger partial charge is 0.476 e. The number of nitrogens with two attached hydrogens (primary N) is 1. The summed E-state index contributed by atoms with van der Waals surface area (Å²) in [5.74, 6) is 4.97. The number of urea groups is 1. The second kappa shape index (κ2) is 13.2. The molecule has 282 valence electrons. The molecule has 4 unspecified atom stereocenters. The number of amides is 2. The Morgan fingerprint density at radius 2 is 1.81 bits per heavy atom. The number of aryl methyl sites for hydroxylation is 1. The molecule has 0 saturated heterocycles. The molecule has 2 aliphatic carbocycles. The first-order valence-electron chi connectivity index (χ1n) is 18.8. The molecule has 12 nitrogen and oxygen atoms in total. The van der Waals surface area contributed by atoms with Crippen molar-refractivity contribution in [2.75, 3.05) is 16.8 Å². The number of fused-ring (bicyclic) bond motifs is 4. The number of hydrogen-bond acceptors (Lipinski definition) is 9. The summed E-state index contributed by atoms with van der Waals surface area (Å²) in [5.41, 5.74) is 5.51. The van der Waals surface area contributed by atoms with E-state index in [1.54, 1.807) is 17.3 Å². The molecule has 4 N–H and O–H groups in total. The van der Waals surface area contributed by atoms with Crippen molar-refractivity contribution in [3.05, 3.63) is 71.8 Å². The number of carboxylic acids is 1. The van der Waals surface area contributed by atoms with Crippen molar-refractivity contribution in [3.8, 4) is 22.4 Å². The van der Waals surface area contributed by atoms with Gasteiger partial charge in [0.1, 0.15) is 0 Å². The van der Waals surface area contributed by atoms with Crippen molar-refractivity contribution < 1.29 is 19.5 Å². The summed E-state index contributed by atoms with van der Waals surface area (Å²) >= 11 is 1.38. The number of pyridine rings is 2. The molecule has 0 spiro atoms. The van der Waals surface area contributed by atoms with Crippen LogP contribution >= 0.6 is 11.3 Å². The Hall–Kier alpha value is -4.72. The number of benzene rings is 1. The van der Waals surface area contributed by atoms with E-state index in [2.05, 4.69) is 43.0 Å². The van der Waals surface area contributed by atoms with Gasteiger partial charge in [-0.2, -0.15) is 10.1 Å². The lowest BCUT2D eigenvalue weighted by atomic mass is 9.47. The number of nitrogens with one attached hydrogen (secondary N) is 1. The van der Waals surface area contributed by atoms with Gasteiger partial charge >= 0.3 is 12.0 Å². The predicted molar refractivity (Wildman–Crippen MR) is 210 cm³/mol. The molecule has 1 aromatic carbocycles. The number of rotatable bonds is 8. The van der Waals surface area contributed by atoms with Crippen LogP contribution in [0, 0.1) is 23.2 Å². The minimum atomic E-state index is -1.12. The lowest BCUT2D eigenvalue weighted by Crippen LogP contribution is -2.58. The predicted octanol–water partition coefficient (Wildman–Crippen LogP) is 8.64. The van der Waals surface area contributed by atoms with Gasteiger partial charge < -0.3 is 5.11 Å². The van der Waals surface area contributed by atoms with Gasteiger partial charge in [0.15, 0.2) is 16.5 Å². The molecule has 5 aromatic rings. The molecule has 8 rings (SSSR count). The zero-order valence-corrected chi connectivity index (χ0v) is 32.4. The quantitative estimate of drug-likeness (QED) is 0.132. The van der Waals surface area contributed by atoms with E-state index in [4.69, 9.17) is 20.8 Å². The van der Waals surface area contributed by atoms with Crippen LogP contribution in [-0.2, 0) is 17.8 Å². The maximum absolute atomic E-state index is 13.6. The second-order valence-corrected chi connectivity index (χ2v) is 18.1. The standard InChI is InChI=1S/C41H48N8O4S/c1-6-38(3)19-39(4)20-40(5,23-41(21-38,22-39)53-42)24-49-25(2)29(18-44-49)28-13-14-30(45-33(28)35(50)51)27-12-11-26-9-8-16-48(31(26)17-27)37(52)47-36-46-34-32(54-36)10-7-15-43-34/h7,10-15,17-18H,6,8-9,16,19-24,42H2,1-5H3,(H,50,51)(H,43,46,47,52). The van der Waals surface area contributed by atoms with Gasteiger partial charge in [0.25, 0.3) is 0 Å². The van der Waals surface area contributed by atoms with Crippen LogP contribution in [0.25, 0.3) is 32.7 Å². The molecule has 2 saturated carbocycles. The molecule has 4 atom stereocenters. The van der Waals surface area contributed by atoms with E-state index in [9.17, 15) is 14.7 Å². The van der Waals surface area contributed by atoms with Crippen molar-refractivity contribution in [2.45, 2.75) is 98.1 Å². The maximum Gasteiger partial charge on any atom is 0.355 e. The van der Waals surface area contributed by atoms with Crippen LogP contribution in [0.5, 0.6) is 0 Å². The Bertz CT molecular complexity index is 2250. The topological polar surface area (TPSA) is 161 Å². The average Bonchev–Trinajstić information content (AvgIpc) is 3.71. The van der Waals surface area contributed by atoms with E-state index >= 15 is 0 Å². The number of thiazole rings is 1. The molecule has 5 heterocycles. The first kappa shape index (κ1) is 36.3. The van der Waals surface area contributed by atoms with E-state index in [1.165, 1.54) is 11.3 Å². The first-order chi connectivity index (χ1) is 25.7. The van der Waals surface area contributed by atoms with Gasteiger partial charge in [-0.15, -0.1) is 0 Å². The van der Waals surface area contributed by atoms with Gasteiger partial charge in [-0.3, -0.25) is 19.7 Å². The highest BCUT2D eigenvalue weighted by atomic mass is 32.1. The fraction of sp³-hybridized carbons (Fsp3) is 0.463. The minimum Gasteiger partial charge on any atom is -0.476 e. The van der Waals surface area contributed by atoms with Crippen molar-refractivity contribution in [1.82, 2.24) is 24.7 Å². The van der Waals surface area contributed by atoms with E-state index in [0.29, 0.717) is 35.1 Å².